The summed E-state index contributed by atoms with van der Waals surface area (Å²) in [5.74, 6) is 0. The first-order valence-electron chi connectivity index (χ1n) is 5.48. The largest absolute Gasteiger partial charge is 0.378 e. The van der Waals surface area contributed by atoms with E-state index >= 15 is 0 Å². The number of hydrogen-bond donors (Lipinski definition) is 0. The maximum absolute atomic E-state index is 13.8. The van der Waals surface area contributed by atoms with Crippen molar-refractivity contribution in [3.05, 3.63) is 35.9 Å². The molecular formula is C13H19FO. The van der Waals surface area contributed by atoms with Gasteiger partial charge in [0.1, 0.15) is 6.17 Å². The Kier molecular flexibility index (Phi) is 5.33. The first kappa shape index (κ1) is 12.2. The molecule has 0 unspecified atom stereocenters. The quantitative estimate of drug-likeness (QED) is 0.699. The number of hydrogen-bond acceptors (Lipinski definition) is 1. The van der Waals surface area contributed by atoms with Gasteiger partial charge >= 0.3 is 0 Å². The number of alkyl halides is 1. The SMILES string of the molecule is CCC[C@H](OC)[C@@H](F)Cc1ccccc1. The van der Waals surface area contributed by atoms with Crippen molar-refractivity contribution in [2.24, 2.45) is 0 Å². The van der Waals surface area contributed by atoms with Gasteiger partial charge in [-0.2, -0.15) is 0 Å². The Balaban J connectivity index is 2.50. The van der Waals surface area contributed by atoms with Crippen molar-refractivity contribution in [2.45, 2.75) is 38.5 Å². The number of benzene rings is 1. The fraction of sp³-hybridized carbons (Fsp3) is 0.538. The monoisotopic (exact) mass is 210 g/mol. The Morgan fingerprint density at radius 3 is 2.47 bits per heavy atom. The van der Waals surface area contributed by atoms with E-state index in [-0.39, 0.29) is 6.10 Å². The van der Waals surface area contributed by atoms with E-state index in [0.29, 0.717) is 6.42 Å². The predicted octanol–water partition coefficient (Wildman–Crippen LogP) is 3.38. The van der Waals surface area contributed by atoms with Crippen molar-refractivity contribution in [2.75, 3.05) is 7.11 Å². The lowest BCUT2D eigenvalue weighted by molar-refractivity contribution is 0.0262. The normalized spacial score (nSPS) is 14.9. The first-order chi connectivity index (χ1) is 7.27. The molecule has 0 aliphatic carbocycles. The number of ether oxygens (including phenoxy) is 1. The molecule has 0 aromatic heterocycles. The van der Waals surface area contributed by atoms with Crippen molar-refractivity contribution >= 4 is 0 Å². The average Bonchev–Trinajstić information content (AvgIpc) is 2.27. The van der Waals surface area contributed by atoms with E-state index in [1.165, 1.54) is 0 Å². The highest BCUT2D eigenvalue weighted by Gasteiger charge is 2.19. The van der Waals surface area contributed by atoms with Gasteiger partial charge in [0.25, 0.3) is 0 Å². The van der Waals surface area contributed by atoms with Crippen LogP contribution in [-0.2, 0) is 11.2 Å². The highest BCUT2D eigenvalue weighted by atomic mass is 19.1. The maximum Gasteiger partial charge on any atom is 0.130 e. The van der Waals surface area contributed by atoms with Crippen LogP contribution in [0.15, 0.2) is 30.3 Å². The van der Waals surface area contributed by atoms with Crippen molar-refractivity contribution in [3.8, 4) is 0 Å². The summed E-state index contributed by atoms with van der Waals surface area (Å²) in [7, 11) is 1.58. The van der Waals surface area contributed by atoms with Gasteiger partial charge in [-0.1, -0.05) is 43.7 Å². The molecule has 0 radical (unpaired) electrons. The summed E-state index contributed by atoms with van der Waals surface area (Å²) < 4.78 is 19.0. The molecule has 1 rings (SSSR count). The summed E-state index contributed by atoms with van der Waals surface area (Å²) in [6.07, 6.45) is 1.00. The highest BCUT2D eigenvalue weighted by molar-refractivity contribution is 5.15. The molecule has 84 valence electrons. The molecule has 0 aliphatic rings. The zero-order valence-corrected chi connectivity index (χ0v) is 9.45. The van der Waals surface area contributed by atoms with Gasteiger partial charge in [-0.05, 0) is 12.0 Å². The fourth-order valence-electron chi connectivity index (χ4n) is 1.70. The Morgan fingerprint density at radius 2 is 1.93 bits per heavy atom. The van der Waals surface area contributed by atoms with Gasteiger partial charge in [-0.25, -0.2) is 4.39 Å². The van der Waals surface area contributed by atoms with Crippen LogP contribution in [0.4, 0.5) is 4.39 Å². The second-order valence-electron chi connectivity index (χ2n) is 3.77. The number of methoxy groups -OCH3 is 1. The molecule has 0 amide bonds. The third kappa shape index (κ3) is 4.00. The van der Waals surface area contributed by atoms with Crippen LogP contribution in [0.2, 0.25) is 0 Å². The summed E-state index contributed by atoms with van der Waals surface area (Å²) in [6, 6.07) is 9.71. The van der Waals surface area contributed by atoms with Gasteiger partial charge in [0.2, 0.25) is 0 Å². The molecule has 0 bridgehead atoms. The van der Waals surface area contributed by atoms with Gasteiger partial charge in [-0.3, -0.25) is 0 Å². The van der Waals surface area contributed by atoms with Crippen LogP contribution < -0.4 is 0 Å². The third-order valence-electron chi connectivity index (χ3n) is 2.55. The molecule has 1 aromatic rings. The van der Waals surface area contributed by atoms with E-state index in [4.69, 9.17) is 4.74 Å². The molecule has 15 heavy (non-hydrogen) atoms. The Hall–Kier alpha value is -0.890. The average molecular weight is 210 g/mol. The van der Waals surface area contributed by atoms with E-state index in [0.717, 1.165) is 18.4 Å². The Labute approximate surface area is 91.3 Å². The molecule has 0 N–H and O–H groups in total. The van der Waals surface area contributed by atoms with Gasteiger partial charge in [0.05, 0.1) is 6.10 Å². The molecule has 1 nitrogen and oxygen atoms in total. The van der Waals surface area contributed by atoms with Gasteiger partial charge in [0.15, 0.2) is 0 Å². The van der Waals surface area contributed by atoms with Crippen molar-refractivity contribution in [1.82, 2.24) is 0 Å². The van der Waals surface area contributed by atoms with Crippen LogP contribution in [0.25, 0.3) is 0 Å². The first-order valence-corrected chi connectivity index (χ1v) is 5.48. The van der Waals surface area contributed by atoms with Crippen LogP contribution in [0.3, 0.4) is 0 Å². The van der Waals surface area contributed by atoms with Crippen LogP contribution in [0.1, 0.15) is 25.3 Å². The molecule has 1 aromatic carbocycles. The smallest absolute Gasteiger partial charge is 0.130 e. The van der Waals surface area contributed by atoms with Crippen molar-refractivity contribution in [3.63, 3.8) is 0 Å². The highest BCUT2D eigenvalue weighted by Crippen LogP contribution is 2.15. The minimum atomic E-state index is -0.905. The topological polar surface area (TPSA) is 9.23 Å². The maximum atomic E-state index is 13.8. The van der Waals surface area contributed by atoms with Crippen LogP contribution in [0, 0.1) is 0 Å². The summed E-state index contributed by atoms with van der Waals surface area (Å²) in [5.41, 5.74) is 1.03. The summed E-state index contributed by atoms with van der Waals surface area (Å²) in [4.78, 5) is 0. The zero-order valence-electron chi connectivity index (χ0n) is 9.45. The molecule has 0 saturated carbocycles. The molecular weight excluding hydrogens is 191 g/mol. The van der Waals surface area contributed by atoms with Crippen molar-refractivity contribution in [1.29, 1.82) is 0 Å². The second kappa shape index (κ2) is 6.57. The van der Waals surface area contributed by atoms with E-state index in [9.17, 15) is 4.39 Å². The minimum absolute atomic E-state index is 0.268. The lowest BCUT2D eigenvalue weighted by atomic mass is 10.0. The Bertz CT molecular complexity index is 260. The Morgan fingerprint density at radius 1 is 1.27 bits per heavy atom. The molecule has 0 saturated heterocycles. The lowest BCUT2D eigenvalue weighted by Gasteiger charge is -2.19. The van der Waals surface area contributed by atoms with E-state index < -0.39 is 6.17 Å². The number of rotatable bonds is 6. The summed E-state index contributed by atoms with van der Waals surface area (Å²) in [6.45, 7) is 2.04. The molecule has 2 atom stereocenters. The third-order valence-corrected chi connectivity index (χ3v) is 2.55. The van der Waals surface area contributed by atoms with Gasteiger partial charge in [0, 0.05) is 13.5 Å². The van der Waals surface area contributed by atoms with E-state index in [1.54, 1.807) is 7.11 Å². The molecule has 0 spiro atoms. The number of halogens is 1. The summed E-state index contributed by atoms with van der Waals surface area (Å²) >= 11 is 0. The van der Waals surface area contributed by atoms with Crippen molar-refractivity contribution < 1.29 is 9.13 Å². The standard InChI is InChI=1S/C13H19FO/c1-3-7-13(15-2)12(14)10-11-8-5-4-6-9-11/h4-6,8-9,12-13H,3,7,10H2,1-2H3/t12-,13-/m0/s1. The van der Waals surface area contributed by atoms with Crippen LogP contribution in [0.5, 0.6) is 0 Å². The lowest BCUT2D eigenvalue weighted by Crippen LogP contribution is -2.26. The van der Waals surface area contributed by atoms with E-state index in [1.807, 2.05) is 37.3 Å². The minimum Gasteiger partial charge on any atom is -0.378 e. The fourth-order valence-corrected chi connectivity index (χ4v) is 1.70. The molecule has 0 heterocycles. The predicted molar refractivity (Wildman–Crippen MR) is 60.7 cm³/mol. The zero-order chi connectivity index (χ0) is 11.1. The van der Waals surface area contributed by atoms with Crippen LogP contribution in [-0.4, -0.2) is 19.4 Å². The molecule has 0 aliphatic heterocycles. The molecule has 2 heteroatoms. The summed E-state index contributed by atoms with van der Waals surface area (Å²) in [5, 5.41) is 0. The van der Waals surface area contributed by atoms with Crippen LogP contribution >= 0.6 is 0 Å². The second-order valence-corrected chi connectivity index (χ2v) is 3.77. The molecule has 0 fully saturated rings. The van der Waals surface area contributed by atoms with E-state index in [2.05, 4.69) is 0 Å². The van der Waals surface area contributed by atoms with Gasteiger partial charge in [-0.15, -0.1) is 0 Å². The van der Waals surface area contributed by atoms with Gasteiger partial charge < -0.3 is 4.74 Å².